The first-order valence-corrected chi connectivity index (χ1v) is 4.23. The van der Waals surface area contributed by atoms with E-state index in [4.69, 9.17) is 10.6 Å². The standard InChI is InChI=1S/C9H11FN2O/c10-9-7(12-11)2-1-3-8(9)13-6-4-5-6/h1-3,6,12H,4-5,11H2. The van der Waals surface area contributed by atoms with E-state index in [9.17, 15) is 4.39 Å². The molecule has 0 heterocycles. The summed E-state index contributed by atoms with van der Waals surface area (Å²) in [6.45, 7) is 0. The zero-order chi connectivity index (χ0) is 9.26. The lowest BCUT2D eigenvalue weighted by atomic mass is 10.3. The first-order valence-electron chi connectivity index (χ1n) is 4.23. The van der Waals surface area contributed by atoms with Crippen molar-refractivity contribution >= 4 is 5.69 Å². The molecular formula is C9H11FN2O. The SMILES string of the molecule is NNc1cccc(OC2CC2)c1F. The maximum absolute atomic E-state index is 13.4. The first kappa shape index (κ1) is 8.31. The number of nitrogen functional groups attached to an aromatic ring is 1. The molecule has 2 rings (SSSR count). The Morgan fingerprint density at radius 3 is 2.85 bits per heavy atom. The maximum Gasteiger partial charge on any atom is 0.189 e. The van der Waals surface area contributed by atoms with Gasteiger partial charge in [-0.3, -0.25) is 5.84 Å². The Kier molecular flexibility index (Phi) is 2.06. The molecule has 0 bridgehead atoms. The van der Waals surface area contributed by atoms with Crippen molar-refractivity contribution in [2.45, 2.75) is 18.9 Å². The molecule has 1 aromatic rings. The van der Waals surface area contributed by atoms with E-state index in [1.165, 1.54) is 0 Å². The molecule has 0 radical (unpaired) electrons. The Balaban J connectivity index is 2.22. The number of ether oxygens (including phenoxy) is 1. The van der Waals surface area contributed by atoms with Gasteiger partial charge in [0.05, 0.1) is 11.8 Å². The van der Waals surface area contributed by atoms with Gasteiger partial charge in [0, 0.05) is 0 Å². The summed E-state index contributed by atoms with van der Waals surface area (Å²) in [6.07, 6.45) is 2.22. The molecule has 0 unspecified atom stereocenters. The van der Waals surface area contributed by atoms with Crippen molar-refractivity contribution in [3.05, 3.63) is 24.0 Å². The Hall–Kier alpha value is -1.29. The molecule has 0 aliphatic heterocycles. The summed E-state index contributed by atoms with van der Waals surface area (Å²) in [6, 6.07) is 4.87. The van der Waals surface area contributed by atoms with Gasteiger partial charge in [-0.15, -0.1) is 0 Å². The lowest BCUT2D eigenvalue weighted by molar-refractivity contribution is 0.288. The number of nitrogens with one attached hydrogen (secondary N) is 1. The summed E-state index contributed by atoms with van der Waals surface area (Å²) in [4.78, 5) is 0. The van der Waals surface area contributed by atoms with Crippen molar-refractivity contribution in [1.82, 2.24) is 0 Å². The molecule has 4 heteroatoms. The van der Waals surface area contributed by atoms with Gasteiger partial charge in [-0.2, -0.15) is 0 Å². The summed E-state index contributed by atoms with van der Waals surface area (Å²) >= 11 is 0. The Bertz CT molecular complexity index is 312. The van der Waals surface area contributed by atoms with E-state index in [2.05, 4.69) is 5.43 Å². The highest BCUT2D eigenvalue weighted by Crippen LogP contribution is 2.30. The van der Waals surface area contributed by atoms with Crippen LogP contribution in [0.1, 0.15) is 12.8 Å². The van der Waals surface area contributed by atoms with Crippen LogP contribution in [0.5, 0.6) is 5.75 Å². The predicted octanol–water partition coefficient (Wildman–Crippen LogP) is 1.65. The number of hydrogen-bond donors (Lipinski definition) is 2. The number of hydrazine groups is 1. The van der Waals surface area contributed by atoms with Crippen LogP contribution in [0.2, 0.25) is 0 Å². The van der Waals surface area contributed by atoms with Gasteiger partial charge in [-0.1, -0.05) is 6.07 Å². The van der Waals surface area contributed by atoms with Gasteiger partial charge in [-0.05, 0) is 25.0 Å². The van der Waals surface area contributed by atoms with Crippen LogP contribution in [0.4, 0.5) is 10.1 Å². The van der Waals surface area contributed by atoms with Gasteiger partial charge < -0.3 is 10.2 Å². The van der Waals surface area contributed by atoms with Crippen molar-refractivity contribution in [3.63, 3.8) is 0 Å². The molecule has 70 valence electrons. The van der Waals surface area contributed by atoms with Gasteiger partial charge in [0.15, 0.2) is 11.6 Å². The van der Waals surface area contributed by atoms with Crippen molar-refractivity contribution in [2.75, 3.05) is 5.43 Å². The Morgan fingerprint density at radius 1 is 1.46 bits per heavy atom. The summed E-state index contributed by atoms with van der Waals surface area (Å²) < 4.78 is 18.7. The third kappa shape index (κ3) is 1.72. The van der Waals surface area contributed by atoms with Crippen molar-refractivity contribution in [3.8, 4) is 5.75 Å². The lowest BCUT2D eigenvalue weighted by Gasteiger charge is -2.08. The van der Waals surface area contributed by atoms with Crippen LogP contribution in [0.15, 0.2) is 18.2 Å². The molecule has 0 atom stereocenters. The minimum absolute atomic E-state index is 0.197. The van der Waals surface area contributed by atoms with Crippen LogP contribution in [-0.4, -0.2) is 6.10 Å². The number of rotatable bonds is 3. The maximum atomic E-state index is 13.4. The number of anilines is 1. The molecule has 3 nitrogen and oxygen atoms in total. The molecule has 1 fully saturated rings. The molecule has 1 saturated carbocycles. The van der Waals surface area contributed by atoms with E-state index < -0.39 is 5.82 Å². The minimum atomic E-state index is -0.420. The fraction of sp³-hybridized carbons (Fsp3) is 0.333. The molecule has 1 aliphatic rings. The van der Waals surface area contributed by atoms with Gasteiger partial charge in [0.25, 0.3) is 0 Å². The van der Waals surface area contributed by atoms with Gasteiger partial charge >= 0.3 is 0 Å². The van der Waals surface area contributed by atoms with Crippen LogP contribution in [0.3, 0.4) is 0 Å². The molecule has 3 N–H and O–H groups in total. The summed E-state index contributed by atoms with van der Waals surface area (Å²) in [5, 5.41) is 0. The second kappa shape index (κ2) is 3.22. The highest BCUT2D eigenvalue weighted by atomic mass is 19.1. The summed E-state index contributed by atoms with van der Waals surface area (Å²) in [5.41, 5.74) is 2.54. The van der Waals surface area contributed by atoms with Gasteiger partial charge in [0.1, 0.15) is 0 Å². The van der Waals surface area contributed by atoms with Crippen molar-refractivity contribution in [2.24, 2.45) is 5.84 Å². The fourth-order valence-electron chi connectivity index (χ4n) is 1.08. The first-order chi connectivity index (χ1) is 6.31. The molecular weight excluding hydrogens is 171 g/mol. The Labute approximate surface area is 75.7 Å². The highest BCUT2D eigenvalue weighted by Gasteiger charge is 2.25. The van der Waals surface area contributed by atoms with E-state index in [0.29, 0.717) is 0 Å². The molecule has 0 aromatic heterocycles. The second-order valence-corrected chi connectivity index (χ2v) is 3.08. The smallest absolute Gasteiger partial charge is 0.189 e. The largest absolute Gasteiger partial charge is 0.487 e. The topological polar surface area (TPSA) is 47.3 Å². The van der Waals surface area contributed by atoms with Crippen molar-refractivity contribution < 1.29 is 9.13 Å². The second-order valence-electron chi connectivity index (χ2n) is 3.08. The number of hydrogen-bond acceptors (Lipinski definition) is 3. The van der Waals surface area contributed by atoms with Crippen LogP contribution in [0.25, 0.3) is 0 Å². The molecule has 0 spiro atoms. The molecule has 13 heavy (non-hydrogen) atoms. The van der Waals surface area contributed by atoms with E-state index in [1.54, 1.807) is 18.2 Å². The highest BCUT2D eigenvalue weighted by molar-refractivity contribution is 5.49. The summed E-state index contributed by atoms with van der Waals surface area (Å²) in [5.74, 6) is 4.98. The van der Waals surface area contributed by atoms with E-state index >= 15 is 0 Å². The third-order valence-corrected chi connectivity index (χ3v) is 1.94. The van der Waals surface area contributed by atoms with E-state index in [-0.39, 0.29) is 17.5 Å². The summed E-state index contributed by atoms with van der Waals surface area (Å²) in [7, 11) is 0. The van der Waals surface area contributed by atoms with Gasteiger partial charge in [-0.25, -0.2) is 4.39 Å². The third-order valence-electron chi connectivity index (χ3n) is 1.94. The molecule has 1 aliphatic carbocycles. The van der Waals surface area contributed by atoms with E-state index in [0.717, 1.165) is 12.8 Å². The average Bonchev–Trinajstić information content (AvgIpc) is 2.92. The monoisotopic (exact) mass is 182 g/mol. The normalized spacial score (nSPS) is 15.5. The molecule has 1 aromatic carbocycles. The van der Waals surface area contributed by atoms with Crippen LogP contribution < -0.4 is 16.0 Å². The number of benzene rings is 1. The quantitative estimate of drug-likeness (QED) is 0.552. The Morgan fingerprint density at radius 2 is 2.23 bits per heavy atom. The average molecular weight is 182 g/mol. The van der Waals surface area contributed by atoms with Crippen molar-refractivity contribution in [1.29, 1.82) is 0 Å². The molecule has 0 saturated heterocycles. The van der Waals surface area contributed by atoms with Gasteiger partial charge in [0.2, 0.25) is 0 Å². The van der Waals surface area contributed by atoms with Crippen LogP contribution in [0, 0.1) is 5.82 Å². The predicted molar refractivity (Wildman–Crippen MR) is 47.9 cm³/mol. The van der Waals surface area contributed by atoms with Crippen LogP contribution >= 0.6 is 0 Å². The van der Waals surface area contributed by atoms with Crippen LogP contribution in [-0.2, 0) is 0 Å². The fourth-order valence-corrected chi connectivity index (χ4v) is 1.08. The van der Waals surface area contributed by atoms with E-state index in [1.807, 2.05) is 0 Å². The number of nitrogens with two attached hydrogens (primary N) is 1. The zero-order valence-electron chi connectivity index (χ0n) is 7.09. The zero-order valence-corrected chi connectivity index (χ0v) is 7.09. The molecule has 0 amide bonds. The number of halogens is 1. The lowest BCUT2D eigenvalue weighted by Crippen LogP contribution is -2.09. The minimum Gasteiger partial charge on any atom is -0.487 e.